The molecule has 0 bridgehead atoms. The lowest BCUT2D eigenvalue weighted by molar-refractivity contribution is -0.139. The first kappa shape index (κ1) is 23.7. The number of hydrogen-bond donors (Lipinski definition) is 2. The zero-order valence-corrected chi connectivity index (χ0v) is 20.8. The van der Waals surface area contributed by atoms with Crippen LogP contribution in [0.2, 0.25) is 0 Å². The zero-order chi connectivity index (χ0) is 25.2. The molecule has 0 unspecified atom stereocenters. The van der Waals surface area contributed by atoms with Gasteiger partial charge < -0.3 is 24.5 Å². The largest absolute Gasteiger partial charge is 0.507 e. The van der Waals surface area contributed by atoms with Crippen LogP contribution >= 0.6 is 11.3 Å². The van der Waals surface area contributed by atoms with Gasteiger partial charge in [-0.3, -0.25) is 9.59 Å². The van der Waals surface area contributed by atoms with E-state index in [9.17, 15) is 14.7 Å². The Morgan fingerprint density at radius 3 is 2.58 bits per heavy atom. The van der Waals surface area contributed by atoms with E-state index < -0.39 is 17.7 Å². The number of fused-ring (bicyclic) bond motifs is 1. The molecule has 8 heteroatoms. The maximum absolute atomic E-state index is 13.2. The molecule has 184 valence electrons. The number of likely N-dealkylation sites (tertiary alicyclic amines) is 1. The summed E-state index contributed by atoms with van der Waals surface area (Å²) in [6.45, 7) is 2.73. The van der Waals surface area contributed by atoms with Crippen LogP contribution in [-0.2, 0) is 16.0 Å². The number of aromatic nitrogens is 1. The number of Topliss-reactive ketones (excluding diaryl/α,β-unsaturated/α-hetero) is 1. The van der Waals surface area contributed by atoms with Gasteiger partial charge in [0.2, 0.25) is 0 Å². The molecule has 0 radical (unpaired) electrons. The number of thiophene rings is 1. The molecular weight excluding hydrogens is 476 g/mol. The number of methoxy groups -OCH3 is 1. The van der Waals surface area contributed by atoms with Crippen LogP contribution in [0.3, 0.4) is 0 Å². The summed E-state index contributed by atoms with van der Waals surface area (Å²) in [5.74, 6) is -0.0646. The molecule has 0 spiro atoms. The predicted molar refractivity (Wildman–Crippen MR) is 139 cm³/mol. The number of aliphatic hydroxyl groups excluding tert-OH is 1. The maximum atomic E-state index is 13.2. The number of nitrogens with zero attached hydrogens (tertiary/aromatic N) is 1. The lowest BCUT2D eigenvalue weighted by Gasteiger charge is -2.24. The fourth-order valence-corrected chi connectivity index (χ4v) is 5.46. The fraction of sp³-hybridized carbons (Fsp3) is 0.214. The Hall–Kier alpha value is -4.04. The molecule has 1 amide bonds. The van der Waals surface area contributed by atoms with Crippen molar-refractivity contribution in [2.24, 2.45) is 0 Å². The van der Waals surface area contributed by atoms with Gasteiger partial charge in [0.15, 0.2) is 0 Å². The average Bonchev–Trinajstić information content (AvgIpc) is 3.62. The zero-order valence-electron chi connectivity index (χ0n) is 20.0. The van der Waals surface area contributed by atoms with Crippen LogP contribution in [0.25, 0.3) is 16.7 Å². The van der Waals surface area contributed by atoms with E-state index in [1.165, 1.54) is 11.3 Å². The summed E-state index contributed by atoms with van der Waals surface area (Å²) in [4.78, 5) is 32.1. The van der Waals surface area contributed by atoms with Gasteiger partial charge in [-0.05, 0) is 72.8 Å². The SMILES string of the molecule is CCOc1ccc(C(O)=C2C(=O)C(=O)N(CCc3c[nH]c4ccc(OC)cc34)[C@@H]2c2cccs2)cc1. The molecule has 1 saturated heterocycles. The summed E-state index contributed by atoms with van der Waals surface area (Å²) in [6.07, 6.45) is 2.45. The van der Waals surface area contributed by atoms with Crippen molar-refractivity contribution >= 4 is 39.7 Å². The molecule has 7 nitrogen and oxygen atoms in total. The van der Waals surface area contributed by atoms with E-state index in [4.69, 9.17) is 9.47 Å². The number of hydrogen-bond acceptors (Lipinski definition) is 6. The van der Waals surface area contributed by atoms with Gasteiger partial charge in [-0.25, -0.2) is 0 Å². The van der Waals surface area contributed by atoms with E-state index in [2.05, 4.69) is 4.98 Å². The fourth-order valence-electron chi connectivity index (χ4n) is 4.62. The third kappa shape index (κ3) is 4.24. The molecule has 1 atom stereocenters. The number of benzene rings is 2. The summed E-state index contributed by atoms with van der Waals surface area (Å²) >= 11 is 1.45. The number of rotatable bonds is 8. The Balaban J connectivity index is 1.49. The smallest absolute Gasteiger partial charge is 0.295 e. The van der Waals surface area contributed by atoms with E-state index in [1.807, 2.05) is 48.8 Å². The van der Waals surface area contributed by atoms with Crippen molar-refractivity contribution in [3.05, 3.63) is 87.8 Å². The second-order valence-corrected chi connectivity index (χ2v) is 9.42. The molecule has 1 aliphatic heterocycles. The molecule has 2 aromatic carbocycles. The number of aromatic amines is 1. The number of H-pyrrole nitrogens is 1. The third-order valence-electron chi connectivity index (χ3n) is 6.39. The highest BCUT2D eigenvalue weighted by molar-refractivity contribution is 7.10. The van der Waals surface area contributed by atoms with Crippen LogP contribution < -0.4 is 9.47 Å². The van der Waals surface area contributed by atoms with Crippen LogP contribution in [0.1, 0.15) is 29.0 Å². The minimum Gasteiger partial charge on any atom is -0.507 e. The lowest BCUT2D eigenvalue weighted by Crippen LogP contribution is -2.31. The highest BCUT2D eigenvalue weighted by Crippen LogP contribution is 2.41. The maximum Gasteiger partial charge on any atom is 0.295 e. The standard InChI is InChI=1S/C28H26N2O5S/c1-3-35-19-8-6-17(7-9-19)26(31)24-25(23-5-4-14-36-23)30(28(33)27(24)32)13-12-18-16-29-22-11-10-20(34-2)15-21(18)22/h4-11,14-16,25,29,31H,3,12-13H2,1-2H3/t25-/m1/s1. The number of amides is 1. The van der Waals surface area contributed by atoms with Crippen LogP contribution in [-0.4, -0.2) is 46.9 Å². The molecule has 5 rings (SSSR count). The molecule has 0 aliphatic carbocycles. The highest BCUT2D eigenvalue weighted by Gasteiger charge is 2.46. The molecule has 36 heavy (non-hydrogen) atoms. The first-order valence-electron chi connectivity index (χ1n) is 11.7. The van der Waals surface area contributed by atoms with E-state index in [1.54, 1.807) is 36.3 Å². The van der Waals surface area contributed by atoms with Gasteiger partial charge in [0, 0.05) is 34.1 Å². The summed E-state index contributed by atoms with van der Waals surface area (Å²) in [5, 5.41) is 14.1. The van der Waals surface area contributed by atoms with Gasteiger partial charge in [-0.15, -0.1) is 11.3 Å². The molecule has 1 aliphatic rings. The van der Waals surface area contributed by atoms with Crippen molar-refractivity contribution in [3.8, 4) is 11.5 Å². The lowest BCUT2D eigenvalue weighted by atomic mass is 9.99. The first-order valence-corrected chi connectivity index (χ1v) is 12.6. The first-order chi connectivity index (χ1) is 17.5. The van der Waals surface area contributed by atoms with Crippen molar-refractivity contribution in [1.29, 1.82) is 0 Å². The van der Waals surface area contributed by atoms with Gasteiger partial charge in [0.1, 0.15) is 17.3 Å². The minimum absolute atomic E-state index is 0.104. The van der Waals surface area contributed by atoms with Crippen molar-refractivity contribution in [3.63, 3.8) is 0 Å². The van der Waals surface area contributed by atoms with Crippen molar-refractivity contribution in [2.45, 2.75) is 19.4 Å². The Labute approximate surface area is 212 Å². The van der Waals surface area contributed by atoms with Gasteiger partial charge in [-0.1, -0.05) is 6.07 Å². The molecule has 0 saturated carbocycles. The Bertz CT molecular complexity index is 1440. The molecule has 2 N–H and O–H groups in total. The minimum atomic E-state index is -0.680. The van der Waals surface area contributed by atoms with Crippen molar-refractivity contribution in [1.82, 2.24) is 9.88 Å². The van der Waals surface area contributed by atoms with E-state index in [0.717, 1.165) is 27.1 Å². The summed E-state index contributed by atoms with van der Waals surface area (Å²) in [6, 6.07) is 15.8. The number of carbonyl (C=O) groups excluding carboxylic acids is 2. The second-order valence-electron chi connectivity index (χ2n) is 8.44. The Kier molecular flexibility index (Phi) is 6.52. The molecule has 1 fully saturated rings. The summed E-state index contributed by atoms with van der Waals surface area (Å²) < 4.78 is 10.8. The van der Waals surface area contributed by atoms with Gasteiger partial charge in [0.25, 0.3) is 11.7 Å². The number of nitrogens with one attached hydrogen (secondary N) is 1. The van der Waals surface area contributed by atoms with E-state index >= 15 is 0 Å². The van der Waals surface area contributed by atoms with Crippen molar-refractivity contribution in [2.75, 3.05) is 20.3 Å². The predicted octanol–water partition coefficient (Wildman–Crippen LogP) is 5.30. The van der Waals surface area contributed by atoms with Gasteiger partial charge >= 0.3 is 0 Å². The van der Waals surface area contributed by atoms with Gasteiger partial charge in [0.05, 0.1) is 25.3 Å². The summed E-state index contributed by atoms with van der Waals surface area (Å²) in [5.41, 5.74) is 2.55. The number of carbonyl (C=O) groups is 2. The van der Waals surface area contributed by atoms with Crippen LogP contribution in [0.15, 0.2) is 71.7 Å². The van der Waals surface area contributed by atoms with Gasteiger partial charge in [-0.2, -0.15) is 0 Å². The Morgan fingerprint density at radius 1 is 1.11 bits per heavy atom. The second kappa shape index (κ2) is 9.91. The third-order valence-corrected chi connectivity index (χ3v) is 7.31. The number of ketones is 1. The number of ether oxygens (including phenoxy) is 2. The van der Waals surface area contributed by atoms with Crippen LogP contribution in [0.4, 0.5) is 0 Å². The van der Waals surface area contributed by atoms with E-state index in [0.29, 0.717) is 30.9 Å². The van der Waals surface area contributed by atoms with E-state index in [-0.39, 0.29) is 11.3 Å². The molecular formula is C28H26N2O5S. The normalized spacial score (nSPS) is 17.2. The molecule has 3 heterocycles. The monoisotopic (exact) mass is 502 g/mol. The quantitative estimate of drug-likeness (QED) is 0.194. The average molecular weight is 503 g/mol. The van der Waals surface area contributed by atoms with Crippen LogP contribution in [0, 0.1) is 0 Å². The van der Waals surface area contributed by atoms with Crippen LogP contribution in [0.5, 0.6) is 11.5 Å². The molecule has 4 aromatic rings. The Morgan fingerprint density at radius 2 is 1.89 bits per heavy atom. The van der Waals surface area contributed by atoms with Crippen molar-refractivity contribution < 1.29 is 24.2 Å². The summed E-state index contributed by atoms with van der Waals surface area (Å²) in [7, 11) is 1.62. The number of aliphatic hydroxyl groups is 1. The topological polar surface area (TPSA) is 91.9 Å². The highest BCUT2D eigenvalue weighted by atomic mass is 32.1. The molecule has 2 aromatic heterocycles.